The van der Waals surface area contributed by atoms with Crippen molar-refractivity contribution >= 4 is 11.6 Å². The van der Waals surface area contributed by atoms with Crippen LogP contribution in [0, 0.1) is 5.41 Å². The molecule has 4 N–H and O–H groups in total. The number of hydrogen-bond donors (Lipinski definition) is 3. The summed E-state index contributed by atoms with van der Waals surface area (Å²) in [6.07, 6.45) is 3.62. The predicted molar refractivity (Wildman–Crippen MR) is 71.4 cm³/mol. The third-order valence-corrected chi connectivity index (χ3v) is 3.86. The molecule has 18 heavy (non-hydrogen) atoms. The minimum Gasteiger partial charge on any atom is -0.395 e. The lowest BCUT2D eigenvalue weighted by Gasteiger charge is -2.38. The van der Waals surface area contributed by atoms with Crippen LogP contribution in [0.25, 0.3) is 0 Å². The van der Waals surface area contributed by atoms with Gasteiger partial charge in [0.1, 0.15) is 0 Å². The van der Waals surface area contributed by atoms with Crippen molar-refractivity contribution in [3.63, 3.8) is 0 Å². The lowest BCUT2D eigenvalue weighted by Crippen LogP contribution is -2.40. The van der Waals surface area contributed by atoms with Crippen molar-refractivity contribution in [1.82, 2.24) is 15.5 Å². The molecule has 0 aromatic carbocycles. The van der Waals surface area contributed by atoms with Crippen LogP contribution in [-0.2, 0) is 0 Å². The van der Waals surface area contributed by atoms with Gasteiger partial charge in [-0.15, -0.1) is 0 Å². The Hall–Kier alpha value is -1.52. The SMILES string of the molecule is CC(C)c1[nH]nc(C(=O)NCC2(C)CCC2)c1N. The van der Waals surface area contributed by atoms with E-state index in [0.717, 1.165) is 5.69 Å². The molecule has 0 saturated heterocycles. The van der Waals surface area contributed by atoms with Gasteiger partial charge < -0.3 is 11.1 Å². The van der Waals surface area contributed by atoms with Crippen molar-refractivity contribution in [1.29, 1.82) is 0 Å². The second kappa shape index (κ2) is 4.63. The Balaban J connectivity index is 2.00. The molecule has 0 aliphatic heterocycles. The van der Waals surface area contributed by atoms with Crippen molar-refractivity contribution in [2.24, 2.45) is 5.41 Å². The second-order valence-corrected chi connectivity index (χ2v) is 5.90. The van der Waals surface area contributed by atoms with Gasteiger partial charge in [-0.1, -0.05) is 27.2 Å². The maximum atomic E-state index is 12.0. The fraction of sp³-hybridized carbons (Fsp3) is 0.692. The Morgan fingerprint density at radius 1 is 1.56 bits per heavy atom. The minimum absolute atomic E-state index is 0.177. The Morgan fingerprint density at radius 2 is 2.22 bits per heavy atom. The first-order valence-electron chi connectivity index (χ1n) is 6.55. The summed E-state index contributed by atoms with van der Waals surface area (Å²) < 4.78 is 0. The number of carbonyl (C=O) groups excluding carboxylic acids is 1. The zero-order chi connectivity index (χ0) is 13.3. The summed E-state index contributed by atoms with van der Waals surface area (Å²) in [5.74, 6) is 0.0620. The Morgan fingerprint density at radius 3 is 2.67 bits per heavy atom. The number of hydrogen-bond acceptors (Lipinski definition) is 3. The van der Waals surface area contributed by atoms with Crippen LogP contribution in [0.5, 0.6) is 0 Å². The average Bonchev–Trinajstić information content (AvgIpc) is 2.65. The van der Waals surface area contributed by atoms with E-state index in [1.807, 2.05) is 13.8 Å². The van der Waals surface area contributed by atoms with Crippen LogP contribution in [-0.4, -0.2) is 22.6 Å². The molecule has 0 bridgehead atoms. The normalized spacial score (nSPS) is 17.6. The van der Waals surface area contributed by atoms with E-state index in [2.05, 4.69) is 22.4 Å². The van der Waals surface area contributed by atoms with Crippen LogP contribution < -0.4 is 11.1 Å². The molecule has 1 aliphatic rings. The molecule has 100 valence electrons. The number of rotatable bonds is 4. The monoisotopic (exact) mass is 250 g/mol. The molecule has 2 rings (SSSR count). The van der Waals surface area contributed by atoms with Gasteiger partial charge in [-0.25, -0.2) is 0 Å². The number of nitrogens with zero attached hydrogens (tertiary/aromatic N) is 1. The highest BCUT2D eigenvalue weighted by Crippen LogP contribution is 2.39. The molecule has 0 spiro atoms. The summed E-state index contributed by atoms with van der Waals surface area (Å²) in [6.45, 7) is 6.93. The fourth-order valence-electron chi connectivity index (χ4n) is 2.31. The minimum atomic E-state index is -0.177. The summed E-state index contributed by atoms with van der Waals surface area (Å²) >= 11 is 0. The third-order valence-electron chi connectivity index (χ3n) is 3.86. The number of nitrogens with one attached hydrogen (secondary N) is 2. The van der Waals surface area contributed by atoms with Gasteiger partial charge in [-0.3, -0.25) is 9.89 Å². The number of amides is 1. The molecule has 1 amide bonds. The largest absolute Gasteiger partial charge is 0.395 e. The second-order valence-electron chi connectivity index (χ2n) is 5.90. The van der Waals surface area contributed by atoms with E-state index >= 15 is 0 Å². The quantitative estimate of drug-likeness (QED) is 0.764. The standard InChI is InChI=1S/C13H22N4O/c1-8(2)10-9(14)11(17-16-10)12(18)15-7-13(3)5-4-6-13/h8H,4-7,14H2,1-3H3,(H,15,18)(H,16,17). The van der Waals surface area contributed by atoms with Crippen LogP contribution in [0.3, 0.4) is 0 Å². The van der Waals surface area contributed by atoms with E-state index in [9.17, 15) is 4.79 Å². The highest BCUT2D eigenvalue weighted by Gasteiger charge is 2.32. The summed E-state index contributed by atoms with van der Waals surface area (Å²) in [7, 11) is 0. The molecule has 1 aromatic rings. The van der Waals surface area contributed by atoms with Crippen molar-refractivity contribution in [2.45, 2.75) is 46.0 Å². The maximum Gasteiger partial charge on any atom is 0.273 e. The number of nitrogens with two attached hydrogens (primary N) is 1. The van der Waals surface area contributed by atoms with Gasteiger partial charge >= 0.3 is 0 Å². The number of H-pyrrole nitrogens is 1. The van der Waals surface area contributed by atoms with E-state index < -0.39 is 0 Å². The molecule has 0 radical (unpaired) electrons. The number of aromatic amines is 1. The van der Waals surface area contributed by atoms with Crippen molar-refractivity contribution in [3.05, 3.63) is 11.4 Å². The molecular weight excluding hydrogens is 228 g/mol. The van der Waals surface area contributed by atoms with Crippen LogP contribution >= 0.6 is 0 Å². The Kier molecular flexibility index (Phi) is 3.32. The Labute approximate surface area is 108 Å². The first-order chi connectivity index (χ1) is 8.43. The molecule has 1 fully saturated rings. The zero-order valence-corrected chi connectivity index (χ0v) is 11.3. The first-order valence-corrected chi connectivity index (χ1v) is 6.55. The predicted octanol–water partition coefficient (Wildman–Crippen LogP) is 2.04. The highest BCUT2D eigenvalue weighted by atomic mass is 16.1. The molecule has 0 unspecified atom stereocenters. The topological polar surface area (TPSA) is 83.8 Å². The first kappa shape index (κ1) is 12.9. The van der Waals surface area contributed by atoms with Crippen molar-refractivity contribution in [2.75, 3.05) is 12.3 Å². The van der Waals surface area contributed by atoms with Crippen LogP contribution in [0.15, 0.2) is 0 Å². The van der Waals surface area contributed by atoms with Crippen molar-refractivity contribution in [3.8, 4) is 0 Å². The molecular formula is C13H22N4O. The molecule has 0 atom stereocenters. The molecule has 5 heteroatoms. The maximum absolute atomic E-state index is 12.0. The van der Waals surface area contributed by atoms with E-state index in [4.69, 9.17) is 5.73 Å². The molecule has 1 aliphatic carbocycles. The Bertz CT molecular complexity index is 446. The van der Waals surface area contributed by atoms with Crippen LogP contribution in [0.2, 0.25) is 0 Å². The zero-order valence-electron chi connectivity index (χ0n) is 11.3. The number of nitrogen functional groups attached to an aromatic ring is 1. The number of anilines is 1. The van der Waals surface area contributed by atoms with Crippen LogP contribution in [0.4, 0.5) is 5.69 Å². The van der Waals surface area contributed by atoms with E-state index in [1.54, 1.807) is 0 Å². The smallest absolute Gasteiger partial charge is 0.273 e. The van der Waals surface area contributed by atoms with E-state index in [-0.39, 0.29) is 17.2 Å². The lowest BCUT2D eigenvalue weighted by molar-refractivity contribution is 0.0886. The summed E-state index contributed by atoms with van der Waals surface area (Å²) in [6, 6.07) is 0. The van der Waals surface area contributed by atoms with E-state index in [1.165, 1.54) is 19.3 Å². The lowest BCUT2D eigenvalue weighted by atomic mass is 9.70. The van der Waals surface area contributed by atoms with Gasteiger partial charge in [0, 0.05) is 6.54 Å². The van der Waals surface area contributed by atoms with Crippen LogP contribution in [0.1, 0.15) is 62.1 Å². The van der Waals surface area contributed by atoms with Gasteiger partial charge in [0.25, 0.3) is 5.91 Å². The summed E-state index contributed by atoms with van der Waals surface area (Å²) in [5.41, 5.74) is 7.82. The van der Waals surface area contributed by atoms with Gasteiger partial charge in [0.2, 0.25) is 0 Å². The van der Waals surface area contributed by atoms with Gasteiger partial charge in [-0.2, -0.15) is 5.10 Å². The third kappa shape index (κ3) is 2.35. The summed E-state index contributed by atoms with van der Waals surface area (Å²) in [5, 5.41) is 9.80. The molecule has 1 heterocycles. The molecule has 5 nitrogen and oxygen atoms in total. The fourth-order valence-corrected chi connectivity index (χ4v) is 2.31. The van der Waals surface area contributed by atoms with Crippen molar-refractivity contribution < 1.29 is 4.79 Å². The average molecular weight is 250 g/mol. The molecule has 1 saturated carbocycles. The van der Waals surface area contributed by atoms with E-state index in [0.29, 0.717) is 17.9 Å². The number of aromatic nitrogens is 2. The highest BCUT2D eigenvalue weighted by molar-refractivity contribution is 5.97. The number of carbonyl (C=O) groups is 1. The summed E-state index contributed by atoms with van der Waals surface area (Å²) in [4.78, 5) is 12.0. The van der Waals surface area contributed by atoms with Gasteiger partial charge in [-0.05, 0) is 24.2 Å². The van der Waals surface area contributed by atoms with Gasteiger partial charge in [0.15, 0.2) is 5.69 Å². The molecule has 1 aromatic heterocycles. The van der Waals surface area contributed by atoms with Gasteiger partial charge in [0.05, 0.1) is 11.4 Å².